The van der Waals surface area contributed by atoms with E-state index in [1.165, 1.54) is 27.8 Å². The predicted octanol–water partition coefficient (Wildman–Crippen LogP) is 5.56. The first kappa shape index (κ1) is 14.8. The molecule has 1 heterocycles. The Balaban J connectivity index is 2.05. The lowest BCUT2D eigenvalue weighted by atomic mass is 9.80. The minimum absolute atomic E-state index is 0.0980. The van der Waals surface area contributed by atoms with Crippen LogP contribution in [0.1, 0.15) is 43.9 Å². The standard InChI is InChI=1S/C21H23N/c1-5-7-18-14-17-13-16(8-9-19(17)21(18,3)4)20-12-15(6-2)10-11-22-20/h5,8-14H,1,6-7H2,2-4H3. The maximum absolute atomic E-state index is 4.54. The highest BCUT2D eigenvalue weighted by molar-refractivity contribution is 5.74. The number of hydrogen-bond donors (Lipinski definition) is 0. The van der Waals surface area contributed by atoms with Crippen LogP contribution in [0.5, 0.6) is 0 Å². The molecular weight excluding hydrogens is 266 g/mol. The van der Waals surface area contributed by atoms with Gasteiger partial charge in [-0.15, -0.1) is 6.58 Å². The monoisotopic (exact) mass is 289 g/mol. The van der Waals surface area contributed by atoms with E-state index in [1.807, 2.05) is 12.3 Å². The van der Waals surface area contributed by atoms with Crippen molar-refractivity contribution in [1.29, 1.82) is 0 Å². The fourth-order valence-electron chi connectivity index (χ4n) is 3.27. The number of pyridine rings is 1. The van der Waals surface area contributed by atoms with Crippen molar-refractivity contribution >= 4 is 6.08 Å². The first-order valence-electron chi connectivity index (χ1n) is 7.98. The van der Waals surface area contributed by atoms with Gasteiger partial charge in [0.05, 0.1) is 5.69 Å². The van der Waals surface area contributed by atoms with Gasteiger partial charge in [0.1, 0.15) is 0 Å². The Hall–Kier alpha value is -2.15. The van der Waals surface area contributed by atoms with Gasteiger partial charge in [0.25, 0.3) is 0 Å². The van der Waals surface area contributed by atoms with E-state index < -0.39 is 0 Å². The minimum atomic E-state index is 0.0980. The van der Waals surface area contributed by atoms with Crippen LogP contribution < -0.4 is 0 Å². The van der Waals surface area contributed by atoms with Gasteiger partial charge in [0.2, 0.25) is 0 Å². The van der Waals surface area contributed by atoms with Crippen LogP contribution in [0.2, 0.25) is 0 Å². The van der Waals surface area contributed by atoms with E-state index in [9.17, 15) is 0 Å². The molecule has 0 bridgehead atoms. The molecule has 0 unspecified atom stereocenters. The SMILES string of the molecule is C=CCC1=Cc2cc(-c3cc(CC)ccn3)ccc2C1(C)C. The molecule has 0 spiro atoms. The molecule has 0 saturated carbocycles. The molecule has 112 valence electrons. The summed E-state index contributed by atoms with van der Waals surface area (Å²) in [5.74, 6) is 0. The number of fused-ring (bicyclic) bond motifs is 1. The Labute approximate surface area is 133 Å². The fourth-order valence-corrected chi connectivity index (χ4v) is 3.27. The van der Waals surface area contributed by atoms with Gasteiger partial charge in [0.15, 0.2) is 0 Å². The molecule has 0 N–H and O–H groups in total. The zero-order valence-corrected chi connectivity index (χ0v) is 13.7. The number of aromatic nitrogens is 1. The molecule has 0 aliphatic heterocycles. The molecule has 0 saturated heterocycles. The van der Waals surface area contributed by atoms with Crippen LogP contribution in [0, 0.1) is 0 Å². The largest absolute Gasteiger partial charge is 0.256 e. The molecule has 1 aliphatic carbocycles. The maximum atomic E-state index is 4.54. The van der Waals surface area contributed by atoms with Crippen molar-refractivity contribution in [2.75, 3.05) is 0 Å². The second kappa shape index (κ2) is 5.57. The predicted molar refractivity (Wildman–Crippen MR) is 94.9 cm³/mol. The lowest BCUT2D eigenvalue weighted by Gasteiger charge is -2.24. The van der Waals surface area contributed by atoms with Crippen molar-refractivity contribution < 1.29 is 0 Å². The van der Waals surface area contributed by atoms with E-state index in [-0.39, 0.29) is 5.41 Å². The minimum Gasteiger partial charge on any atom is -0.256 e. The van der Waals surface area contributed by atoms with Gasteiger partial charge >= 0.3 is 0 Å². The van der Waals surface area contributed by atoms with Crippen LogP contribution in [0.15, 0.2) is 54.8 Å². The molecule has 0 atom stereocenters. The number of hydrogen-bond acceptors (Lipinski definition) is 1. The highest BCUT2D eigenvalue weighted by Gasteiger charge is 2.31. The van der Waals surface area contributed by atoms with Gasteiger partial charge in [-0.1, -0.05) is 50.6 Å². The Morgan fingerprint density at radius 1 is 1.18 bits per heavy atom. The molecular formula is C21H23N. The Kier molecular flexibility index (Phi) is 3.74. The van der Waals surface area contributed by atoms with Crippen molar-refractivity contribution in [3.63, 3.8) is 0 Å². The van der Waals surface area contributed by atoms with Gasteiger partial charge in [-0.2, -0.15) is 0 Å². The molecule has 1 heteroatoms. The highest BCUT2D eigenvalue weighted by atomic mass is 14.7. The highest BCUT2D eigenvalue weighted by Crippen LogP contribution is 2.43. The summed E-state index contributed by atoms with van der Waals surface area (Å²) in [5.41, 5.74) is 7.84. The second-order valence-electron chi connectivity index (χ2n) is 6.49. The van der Waals surface area contributed by atoms with Crippen LogP contribution in [0.4, 0.5) is 0 Å². The van der Waals surface area contributed by atoms with Crippen molar-refractivity contribution in [2.45, 2.75) is 39.0 Å². The van der Waals surface area contributed by atoms with E-state index in [4.69, 9.17) is 0 Å². The Morgan fingerprint density at radius 2 is 2.00 bits per heavy atom. The zero-order chi connectivity index (χ0) is 15.7. The quantitative estimate of drug-likeness (QED) is 0.671. The summed E-state index contributed by atoms with van der Waals surface area (Å²) in [7, 11) is 0. The lowest BCUT2D eigenvalue weighted by Crippen LogP contribution is -2.16. The van der Waals surface area contributed by atoms with Crippen LogP contribution in [0.25, 0.3) is 17.3 Å². The third kappa shape index (κ3) is 2.41. The van der Waals surface area contributed by atoms with Gasteiger partial charge < -0.3 is 0 Å². The average molecular weight is 289 g/mol. The van der Waals surface area contributed by atoms with Crippen LogP contribution >= 0.6 is 0 Å². The van der Waals surface area contributed by atoms with Crippen LogP contribution in [-0.4, -0.2) is 4.98 Å². The van der Waals surface area contributed by atoms with Crippen molar-refractivity contribution in [3.05, 3.63) is 71.4 Å². The normalized spacial score (nSPS) is 15.3. The summed E-state index contributed by atoms with van der Waals surface area (Å²) >= 11 is 0. The molecule has 0 fully saturated rings. The smallest absolute Gasteiger partial charge is 0.0704 e. The maximum Gasteiger partial charge on any atom is 0.0704 e. The molecule has 22 heavy (non-hydrogen) atoms. The summed E-state index contributed by atoms with van der Waals surface area (Å²) in [6.45, 7) is 10.7. The van der Waals surface area contributed by atoms with E-state index in [1.54, 1.807) is 0 Å². The van der Waals surface area contributed by atoms with E-state index in [2.05, 4.69) is 68.7 Å². The second-order valence-corrected chi connectivity index (χ2v) is 6.49. The van der Waals surface area contributed by atoms with Crippen molar-refractivity contribution in [2.24, 2.45) is 0 Å². The molecule has 2 aromatic rings. The number of nitrogens with zero attached hydrogens (tertiary/aromatic N) is 1. The molecule has 1 aromatic heterocycles. The molecule has 0 radical (unpaired) electrons. The van der Waals surface area contributed by atoms with E-state index >= 15 is 0 Å². The molecule has 3 rings (SSSR count). The first-order valence-corrected chi connectivity index (χ1v) is 7.98. The number of benzene rings is 1. The van der Waals surface area contributed by atoms with E-state index in [0.29, 0.717) is 0 Å². The summed E-state index contributed by atoms with van der Waals surface area (Å²) in [4.78, 5) is 4.54. The topological polar surface area (TPSA) is 12.9 Å². The third-order valence-corrected chi connectivity index (χ3v) is 4.75. The summed E-state index contributed by atoms with van der Waals surface area (Å²) < 4.78 is 0. The van der Waals surface area contributed by atoms with Crippen LogP contribution in [0.3, 0.4) is 0 Å². The summed E-state index contributed by atoms with van der Waals surface area (Å²) in [6.07, 6.45) is 8.21. The third-order valence-electron chi connectivity index (χ3n) is 4.75. The van der Waals surface area contributed by atoms with E-state index in [0.717, 1.165) is 18.5 Å². The Bertz CT molecular complexity index is 750. The van der Waals surface area contributed by atoms with Crippen molar-refractivity contribution in [3.8, 4) is 11.3 Å². The summed E-state index contributed by atoms with van der Waals surface area (Å²) in [6, 6.07) is 11.0. The number of allylic oxidation sites excluding steroid dienone is 2. The van der Waals surface area contributed by atoms with Gasteiger partial charge in [-0.05, 0) is 47.7 Å². The van der Waals surface area contributed by atoms with Crippen molar-refractivity contribution in [1.82, 2.24) is 4.98 Å². The molecule has 1 nitrogen and oxygen atoms in total. The molecule has 0 amide bonds. The zero-order valence-electron chi connectivity index (χ0n) is 13.7. The number of rotatable bonds is 4. The molecule has 1 aromatic carbocycles. The van der Waals surface area contributed by atoms with Gasteiger partial charge in [-0.25, -0.2) is 0 Å². The lowest BCUT2D eigenvalue weighted by molar-refractivity contribution is 0.626. The van der Waals surface area contributed by atoms with Gasteiger partial charge in [0, 0.05) is 17.2 Å². The molecule has 1 aliphatic rings. The fraction of sp³-hybridized carbons (Fsp3) is 0.286. The van der Waals surface area contributed by atoms with Crippen LogP contribution in [-0.2, 0) is 11.8 Å². The first-order chi connectivity index (χ1) is 10.6. The Morgan fingerprint density at radius 3 is 2.73 bits per heavy atom. The average Bonchev–Trinajstić information content (AvgIpc) is 2.78. The summed E-state index contributed by atoms with van der Waals surface area (Å²) in [5, 5.41) is 0. The van der Waals surface area contributed by atoms with Gasteiger partial charge in [-0.3, -0.25) is 4.98 Å². The number of aryl methyl sites for hydroxylation is 1.